The van der Waals surface area contributed by atoms with Crippen LogP contribution in [0.25, 0.3) is 0 Å². The standard InChI is InChI=1S/C23H34N2O2.C13H21NO3/c1-21(2,3)16-7-9-18(10-8-16)24-20(26)19-15-23(27-25-19)13-11-17(12-14-23)22(4,5)6;1-12(2,3)9-4-6-13(7-5-9)8-10(11(15)16)14-17-13/h7-10,17H,11-15H2,1-6H3,(H,24,26);9H,4-8H2,1-3H3,(H,15,16). The van der Waals surface area contributed by atoms with E-state index in [4.69, 9.17) is 14.8 Å². The van der Waals surface area contributed by atoms with Gasteiger partial charge in [-0.25, -0.2) is 4.79 Å². The monoisotopic (exact) mass is 609 g/mol. The number of rotatable bonds is 3. The van der Waals surface area contributed by atoms with Gasteiger partial charge >= 0.3 is 5.97 Å². The summed E-state index contributed by atoms with van der Waals surface area (Å²) in [5.74, 6) is 0.324. The van der Waals surface area contributed by atoms with E-state index < -0.39 is 5.97 Å². The van der Waals surface area contributed by atoms with Crippen molar-refractivity contribution in [3.8, 4) is 0 Å². The zero-order valence-corrected chi connectivity index (χ0v) is 28.5. The molecule has 0 atom stereocenters. The number of carboxylic acid groups (broad SMARTS) is 1. The Bertz CT molecular complexity index is 1240. The van der Waals surface area contributed by atoms with Gasteiger partial charge < -0.3 is 20.1 Å². The number of nitrogens with one attached hydrogen (secondary N) is 1. The Hall–Kier alpha value is -2.90. The first-order valence-electron chi connectivity index (χ1n) is 16.5. The van der Waals surface area contributed by atoms with Gasteiger partial charge in [-0.3, -0.25) is 4.79 Å². The van der Waals surface area contributed by atoms with Crippen molar-refractivity contribution >= 4 is 29.0 Å². The first-order valence-corrected chi connectivity index (χ1v) is 16.5. The molecular formula is C36H55N3O5. The lowest BCUT2D eigenvalue weighted by Crippen LogP contribution is -2.38. The Morgan fingerprint density at radius 2 is 1.14 bits per heavy atom. The van der Waals surface area contributed by atoms with Crippen LogP contribution >= 0.6 is 0 Å². The predicted octanol–water partition coefficient (Wildman–Crippen LogP) is 8.50. The van der Waals surface area contributed by atoms with Gasteiger partial charge in [-0.1, -0.05) is 84.8 Å². The fourth-order valence-electron chi connectivity index (χ4n) is 7.09. The number of carbonyl (C=O) groups excluding carboxylic acids is 1. The number of benzene rings is 1. The van der Waals surface area contributed by atoms with Crippen molar-refractivity contribution in [1.82, 2.24) is 0 Å². The zero-order chi connectivity index (χ0) is 32.6. The maximum absolute atomic E-state index is 12.6. The summed E-state index contributed by atoms with van der Waals surface area (Å²) in [6.07, 6.45) is 9.40. The number of hydrogen-bond donors (Lipinski definition) is 2. The lowest BCUT2D eigenvalue weighted by atomic mass is 9.67. The third kappa shape index (κ3) is 8.22. The largest absolute Gasteiger partial charge is 0.477 e. The van der Waals surface area contributed by atoms with Gasteiger partial charge in [-0.2, -0.15) is 0 Å². The van der Waals surface area contributed by atoms with Crippen molar-refractivity contribution in [2.24, 2.45) is 33.0 Å². The molecule has 8 heteroatoms. The van der Waals surface area contributed by atoms with Crippen molar-refractivity contribution in [1.29, 1.82) is 0 Å². The highest BCUT2D eigenvalue weighted by molar-refractivity contribution is 6.43. The fourth-order valence-corrected chi connectivity index (χ4v) is 7.09. The number of anilines is 1. The highest BCUT2D eigenvalue weighted by atomic mass is 16.7. The average Bonchev–Trinajstić information content (AvgIpc) is 3.53. The molecule has 2 spiro atoms. The maximum Gasteiger partial charge on any atom is 0.353 e. The third-order valence-corrected chi connectivity index (χ3v) is 10.4. The van der Waals surface area contributed by atoms with Crippen LogP contribution in [0.1, 0.15) is 132 Å². The molecule has 1 aromatic rings. The summed E-state index contributed by atoms with van der Waals surface area (Å²) in [4.78, 5) is 34.7. The van der Waals surface area contributed by atoms with Crippen LogP contribution in [0.3, 0.4) is 0 Å². The number of aliphatic carboxylic acids is 1. The summed E-state index contributed by atoms with van der Waals surface area (Å²) in [6, 6.07) is 8.05. The van der Waals surface area contributed by atoms with Crippen LogP contribution in [0.2, 0.25) is 0 Å². The summed E-state index contributed by atoms with van der Waals surface area (Å²) in [7, 11) is 0. The minimum Gasteiger partial charge on any atom is -0.477 e. The average molecular weight is 610 g/mol. The SMILES string of the molecule is CC(C)(C)C1CCC2(CC1)CC(C(=O)O)=NO2.CC(C)(C)c1ccc(NC(=O)C2=NOC3(CCC(C(C)(C)C)CC3)C2)cc1. The molecule has 0 saturated heterocycles. The van der Waals surface area contributed by atoms with E-state index in [9.17, 15) is 9.59 Å². The molecule has 0 bridgehead atoms. The Labute approximate surface area is 264 Å². The lowest BCUT2D eigenvalue weighted by Gasteiger charge is -2.40. The Morgan fingerprint density at radius 3 is 1.50 bits per heavy atom. The van der Waals surface area contributed by atoms with E-state index in [0.29, 0.717) is 41.2 Å². The van der Waals surface area contributed by atoms with Gasteiger partial charge in [0.1, 0.15) is 16.9 Å². The number of carboxylic acids is 1. The highest BCUT2D eigenvalue weighted by Crippen LogP contribution is 2.47. The lowest BCUT2D eigenvalue weighted by molar-refractivity contribution is -0.129. The van der Waals surface area contributed by atoms with E-state index in [1.807, 2.05) is 12.1 Å². The molecule has 4 aliphatic rings. The van der Waals surface area contributed by atoms with Crippen LogP contribution in [-0.4, -0.2) is 39.6 Å². The van der Waals surface area contributed by atoms with Gasteiger partial charge in [0.2, 0.25) is 0 Å². The molecular weight excluding hydrogens is 554 g/mol. The van der Waals surface area contributed by atoms with Crippen LogP contribution in [0.5, 0.6) is 0 Å². The van der Waals surface area contributed by atoms with Crippen molar-refractivity contribution in [2.75, 3.05) is 5.32 Å². The predicted molar refractivity (Wildman–Crippen MR) is 176 cm³/mol. The van der Waals surface area contributed by atoms with Crippen LogP contribution in [-0.2, 0) is 24.7 Å². The summed E-state index contributed by atoms with van der Waals surface area (Å²) in [6.45, 7) is 20.3. The van der Waals surface area contributed by atoms with Gasteiger partial charge in [-0.05, 0) is 97.1 Å². The molecule has 5 rings (SSSR count). The number of oxime groups is 2. The smallest absolute Gasteiger partial charge is 0.353 e. The van der Waals surface area contributed by atoms with Gasteiger partial charge in [0.05, 0.1) is 0 Å². The molecule has 2 fully saturated rings. The van der Waals surface area contributed by atoms with Gasteiger partial charge in [0.15, 0.2) is 5.71 Å². The van der Waals surface area contributed by atoms with Gasteiger partial charge in [0.25, 0.3) is 5.91 Å². The molecule has 0 unspecified atom stereocenters. The molecule has 2 aliphatic carbocycles. The van der Waals surface area contributed by atoms with E-state index in [1.165, 1.54) is 5.56 Å². The van der Waals surface area contributed by atoms with Crippen molar-refractivity contribution < 1.29 is 24.4 Å². The normalized spacial score (nSPS) is 28.8. The molecule has 2 saturated carbocycles. The van der Waals surface area contributed by atoms with E-state index >= 15 is 0 Å². The van der Waals surface area contributed by atoms with Crippen molar-refractivity contribution in [2.45, 2.75) is 143 Å². The summed E-state index contributed by atoms with van der Waals surface area (Å²) < 4.78 is 0. The zero-order valence-electron chi connectivity index (χ0n) is 28.5. The number of nitrogens with zero attached hydrogens (tertiary/aromatic N) is 2. The van der Waals surface area contributed by atoms with Gasteiger partial charge in [-0.15, -0.1) is 0 Å². The molecule has 0 aromatic heterocycles. The highest BCUT2D eigenvalue weighted by Gasteiger charge is 2.47. The number of amides is 1. The number of hydrogen-bond acceptors (Lipinski definition) is 6. The number of carbonyl (C=O) groups is 2. The fraction of sp³-hybridized carbons (Fsp3) is 0.722. The van der Waals surface area contributed by atoms with Crippen LogP contribution in [0, 0.1) is 22.7 Å². The molecule has 8 nitrogen and oxygen atoms in total. The van der Waals surface area contributed by atoms with E-state index in [2.05, 4.69) is 90.1 Å². The van der Waals surface area contributed by atoms with Gasteiger partial charge in [0, 0.05) is 18.5 Å². The summed E-state index contributed by atoms with van der Waals surface area (Å²) in [5, 5.41) is 19.7. The van der Waals surface area contributed by atoms with Crippen LogP contribution in [0.4, 0.5) is 5.69 Å². The minimum atomic E-state index is -0.945. The van der Waals surface area contributed by atoms with E-state index in [-0.39, 0.29) is 28.2 Å². The Balaban J connectivity index is 0.000000223. The second kappa shape index (κ2) is 12.5. The maximum atomic E-state index is 12.6. The molecule has 244 valence electrons. The molecule has 2 N–H and O–H groups in total. The summed E-state index contributed by atoms with van der Waals surface area (Å²) >= 11 is 0. The molecule has 1 amide bonds. The van der Waals surface area contributed by atoms with Crippen molar-refractivity contribution in [3.05, 3.63) is 29.8 Å². The molecule has 0 radical (unpaired) electrons. The molecule has 1 aromatic carbocycles. The molecule has 2 aliphatic heterocycles. The first kappa shape index (κ1) is 34.0. The van der Waals surface area contributed by atoms with E-state index in [1.54, 1.807) is 0 Å². The molecule has 2 heterocycles. The first-order chi connectivity index (χ1) is 20.3. The van der Waals surface area contributed by atoms with E-state index in [0.717, 1.165) is 57.1 Å². The van der Waals surface area contributed by atoms with Crippen molar-refractivity contribution in [3.63, 3.8) is 0 Å². The molecule has 44 heavy (non-hydrogen) atoms. The minimum absolute atomic E-state index is 0.101. The third-order valence-electron chi connectivity index (χ3n) is 10.4. The Kier molecular flexibility index (Phi) is 9.64. The quantitative estimate of drug-likeness (QED) is 0.357. The topological polar surface area (TPSA) is 110 Å². The second-order valence-corrected chi connectivity index (χ2v) is 16.8. The Morgan fingerprint density at radius 1 is 0.727 bits per heavy atom. The van der Waals surface area contributed by atoms with Crippen LogP contribution in [0.15, 0.2) is 34.6 Å². The van der Waals surface area contributed by atoms with Crippen LogP contribution < -0.4 is 5.32 Å². The second-order valence-electron chi connectivity index (χ2n) is 16.8. The summed E-state index contributed by atoms with van der Waals surface area (Å²) in [5.41, 5.74) is 2.94.